The molecule has 0 saturated heterocycles. The SMILES string of the molecule is O=C(O)CCS(=O)(=O)NC1CCCCC1O. The molecule has 0 aliphatic heterocycles. The Bertz CT molecular complexity index is 340. The first-order chi connectivity index (χ1) is 7.41. The molecule has 0 aromatic rings. The molecule has 94 valence electrons. The maximum Gasteiger partial charge on any atom is 0.304 e. The number of aliphatic hydroxyl groups excluding tert-OH is 1. The lowest BCUT2D eigenvalue weighted by molar-refractivity contribution is -0.136. The smallest absolute Gasteiger partial charge is 0.304 e. The highest BCUT2D eigenvalue weighted by Crippen LogP contribution is 2.19. The maximum absolute atomic E-state index is 11.5. The summed E-state index contributed by atoms with van der Waals surface area (Å²) >= 11 is 0. The molecule has 3 N–H and O–H groups in total. The van der Waals surface area contributed by atoms with Gasteiger partial charge < -0.3 is 10.2 Å². The first-order valence-corrected chi connectivity index (χ1v) is 6.96. The molecule has 1 rings (SSSR count). The van der Waals surface area contributed by atoms with Crippen LogP contribution in [-0.4, -0.2) is 42.5 Å². The number of hydrogen-bond donors (Lipinski definition) is 3. The lowest BCUT2D eigenvalue weighted by Gasteiger charge is -2.27. The van der Waals surface area contributed by atoms with Gasteiger partial charge in [-0.15, -0.1) is 0 Å². The van der Waals surface area contributed by atoms with Crippen molar-refractivity contribution >= 4 is 16.0 Å². The van der Waals surface area contributed by atoms with Crippen LogP contribution in [0.25, 0.3) is 0 Å². The van der Waals surface area contributed by atoms with Crippen LogP contribution in [0, 0.1) is 0 Å². The van der Waals surface area contributed by atoms with Gasteiger partial charge in [-0.05, 0) is 12.8 Å². The third-order valence-corrected chi connectivity index (χ3v) is 4.05. The minimum absolute atomic E-state index is 0.419. The zero-order valence-corrected chi connectivity index (χ0v) is 9.74. The number of rotatable bonds is 5. The molecule has 2 atom stereocenters. The number of aliphatic hydroxyl groups is 1. The number of aliphatic carboxylic acids is 1. The standard InChI is InChI=1S/C9H17NO5S/c11-8-4-2-1-3-7(8)10-16(14,15)6-5-9(12)13/h7-8,10-11H,1-6H2,(H,12,13). The molecule has 6 nitrogen and oxygen atoms in total. The fraction of sp³-hybridized carbons (Fsp3) is 0.889. The van der Waals surface area contributed by atoms with Crippen molar-refractivity contribution in [3.63, 3.8) is 0 Å². The summed E-state index contributed by atoms with van der Waals surface area (Å²) in [6.07, 6.45) is 1.89. The minimum atomic E-state index is -3.60. The van der Waals surface area contributed by atoms with Crippen molar-refractivity contribution in [3.8, 4) is 0 Å². The van der Waals surface area contributed by atoms with Crippen LogP contribution >= 0.6 is 0 Å². The van der Waals surface area contributed by atoms with Crippen molar-refractivity contribution in [2.24, 2.45) is 0 Å². The van der Waals surface area contributed by atoms with E-state index >= 15 is 0 Å². The van der Waals surface area contributed by atoms with Crippen molar-refractivity contribution in [2.45, 2.75) is 44.2 Å². The summed E-state index contributed by atoms with van der Waals surface area (Å²) < 4.78 is 25.3. The van der Waals surface area contributed by atoms with Gasteiger partial charge in [0, 0.05) is 6.04 Å². The van der Waals surface area contributed by atoms with Gasteiger partial charge in [0.05, 0.1) is 18.3 Å². The number of hydrogen-bond acceptors (Lipinski definition) is 4. The second-order valence-corrected chi connectivity index (χ2v) is 5.91. The Hall–Kier alpha value is -0.660. The normalized spacial score (nSPS) is 26.6. The first kappa shape index (κ1) is 13.4. The molecular weight excluding hydrogens is 234 g/mol. The van der Waals surface area contributed by atoms with Gasteiger partial charge in [0.15, 0.2) is 0 Å². The number of carboxylic acid groups (broad SMARTS) is 1. The Labute approximate surface area is 94.7 Å². The summed E-state index contributed by atoms with van der Waals surface area (Å²) in [5.74, 6) is -1.58. The van der Waals surface area contributed by atoms with Gasteiger partial charge in [0.25, 0.3) is 0 Å². The lowest BCUT2D eigenvalue weighted by Crippen LogP contribution is -2.45. The summed E-state index contributed by atoms with van der Waals surface area (Å²) in [5, 5.41) is 18.0. The fourth-order valence-corrected chi connectivity index (χ4v) is 3.06. The van der Waals surface area contributed by atoms with E-state index in [4.69, 9.17) is 5.11 Å². The molecule has 1 saturated carbocycles. The van der Waals surface area contributed by atoms with Crippen LogP contribution in [0.2, 0.25) is 0 Å². The minimum Gasteiger partial charge on any atom is -0.481 e. The van der Waals surface area contributed by atoms with Gasteiger partial charge in [-0.2, -0.15) is 0 Å². The molecule has 0 heterocycles. The third-order valence-electron chi connectivity index (χ3n) is 2.65. The van der Waals surface area contributed by atoms with Crippen molar-refractivity contribution in [1.82, 2.24) is 4.72 Å². The van der Waals surface area contributed by atoms with Gasteiger partial charge in [-0.1, -0.05) is 12.8 Å². The van der Waals surface area contributed by atoms with Crippen molar-refractivity contribution < 1.29 is 23.4 Å². The van der Waals surface area contributed by atoms with Crippen molar-refractivity contribution in [1.29, 1.82) is 0 Å². The molecular formula is C9H17NO5S. The number of carboxylic acids is 1. The first-order valence-electron chi connectivity index (χ1n) is 5.30. The van der Waals surface area contributed by atoms with Crippen molar-refractivity contribution in [2.75, 3.05) is 5.75 Å². The van der Waals surface area contributed by atoms with Crippen LogP contribution in [0.15, 0.2) is 0 Å². The summed E-state index contributed by atoms with van der Waals surface area (Å²) in [6.45, 7) is 0. The Balaban J connectivity index is 2.47. The Morgan fingerprint density at radius 1 is 1.31 bits per heavy atom. The number of nitrogens with one attached hydrogen (secondary N) is 1. The second-order valence-electron chi connectivity index (χ2n) is 4.04. The second kappa shape index (κ2) is 5.60. The lowest BCUT2D eigenvalue weighted by atomic mass is 9.93. The quantitative estimate of drug-likeness (QED) is 0.621. The van der Waals surface area contributed by atoms with E-state index in [1.54, 1.807) is 0 Å². The number of carbonyl (C=O) groups is 1. The van der Waals surface area contributed by atoms with Gasteiger partial charge in [-0.3, -0.25) is 4.79 Å². The van der Waals surface area contributed by atoms with E-state index in [-0.39, 0.29) is 0 Å². The largest absolute Gasteiger partial charge is 0.481 e. The average Bonchev–Trinajstić information content (AvgIpc) is 2.19. The molecule has 1 fully saturated rings. The molecule has 0 aromatic heterocycles. The highest BCUT2D eigenvalue weighted by Gasteiger charge is 2.27. The zero-order valence-electron chi connectivity index (χ0n) is 8.92. The predicted octanol–water partition coefficient (Wildman–Crippen LogP) is -0.316. The molecule has 2 unspecified atom stereocenters. The van der Waals surface area contributed by atoms with Crippen LogP contribution < -0.4 is 4.72 Å². The van der Waals surface area contributed by atoms with Crippen LogP contribution in [-0.2, 0) is 14.8 Å². The molecule has 0 bridgehead atoms. The van der Waals surface area contributed by atoms with Gasteiger partial charge in [0.2, 0.25) is 10.0 Å². The van der Waals surface area contributed by atoms with Gasteiger partial charge >= 0.3 is 5.97 Å². The van der Waals surface area contributed by atoms with E-state index in [1.807, 2.05) is 0 Å². The Morgan fingerprint density at radius 3 is 2.50 bits per heavy atom. The Kier molecular flexibility index (Phi) is 4.69. The average molecular weight is 251 g/mol. The summed E-state index contributed by atoms with van der Waals surface area (Å²) in [6, 6.07) is -0.465. The third kappa shape index (κ3) is 4.46. The molecule has 0 spiro atoms. The monoisotopic (exact) mass is 251 g/mol. The van der Waals surface area contributed by atoms with Gasteiger partial charge in [-0.25, -0.2) is 13.1 Å². The van der Waals surface area contributed by atoms with Crippen molar-refractivity contribution in [3.05, 3.63) is 0 Å². The maximum atomic E-state index is 11.5. The molecule has 0 radical (unpaired) electrons. The highest BCUT2D eigenvalue weighted by atomic mass is 32.2. The number of sulfonamides is 1. The van der Waals surface area contributed by atoms with E-state index in [0.717, 1.165) is 12.8 Å². The predicted molar refractivity (Wildman–Crippen MR) is 57.4 cm³/mol. The summed E-state index contributed by atoms with van der Waals surface area (Å²) in [5.41, 5.74) is 0. The molecule has 0 aromatic carbocycles. The summed E-state index contributed by atoms with van der Waals surface area (Å²) in [4.78, 5) is 10.3. The van der Waals surface area contributed by atoms with E-state index in [1.165, 1.54) is 0 Å². The molecule has 16 heavy (non-hydrogen) atoms. The fourth-order valence-electron chi connectivity index (χ4n) is 1.76. The van der Waals surface area contributed by atoms with Gasteiger partial charge in [0.1, 0.15) is 0 Å². The topological polar surface area (TPSA) is 104 Å². The van der Waals surface area contributed by atoms with Crippen LogP contribution in [0.3, 0.4) is 0 Å². The molecule has 1 aliphatic rings. The summed E-state index contributed by atoms with van der Waals surface area (Å²) in [7, 11) is -3.60. The molecule has 7 heteroatoms. The van der Waals surface area contributed by atoms with E-state index in [9.17, 15) is 18.3 Å². The van der Waals surface area contributed by atoms with E-state index < -0.39 is 40.3 Å². The highest BCUT2D eigenvalue weighted by molar-refractivity contribution is 7.89. The zero-order chi connectivity index (χ0) is 12.2. The Morgan fingerprint density at radius 2 is 1.94 bits per heavy atom. The van der Waals surface area contributed by atoms with Crippen LogP contribution in [0.4, 0.5) is 0 Å². The van der Waals surface area contributed by atoms with E-state index in [0.29, 0.717) is 12.8 Å². The van der Waals surface area contributed by atoms with Crippen LogP contribution in [0.5, 0.6) is 0 Å². The molecule has 0 amide bonds. The molecule has 1 aliphatic carbocycles. The van der Waals surface area contributed by atoms with E-state index in [2.05, 4.69) is 4.72 Å². The van der Waals surface area contributed by atoms with Crippen LogP contribution in [0.1, 0.15) is 32.1 Å².